The largest absolute Gasteiger partial charge is 0.482 e. The normalized spacial score (nSPS) is 14.5. The minimum atomic E-state index is -0.526. The molecule has 1 saturated heterocycles. The second-order valence-corrected chi connectivity index (χ2v) is 9.47. The highest BCUT2D eigenvalue weighted by Crippen LogP contribution is 2.33. The van der Waals surface area contributed by atoms with Crippen molar-refractivity contribution in [2.24, 2.45) is 0 Å². The third-order valence-electron chi connectivity index (χ3n) is 4.92. The van der Waals surface area contributed by atoms with Gasteiger partial charge in [-0.05, 0) is 60.0 Å². The molecule has 3 aromatic carbocycles. The first-order chi connectivity index (χ1) is 16.5. The van der Waals surface area contributed by atoms with E-state index in [4.69, 9.17) is 33.3 Å². The Balaban J connectivity index is 1.31. The summed E-state index contributed by atoms with van der Waals surface area (Å²) >= 11 is 12.5. The van der Waals surface area contributed by atoms with E-state index in [2.05, 4.69) is 0 Å². The quantitative estimate of drug-likeness (QED) is 0.166. The Morgan fingerprint density at radius 1 is 0.971 bits per heavy atom. The van der Waals surface area contributed by atoms with Crippen LogP contribution in [-0.4, -0.2) is 34.2 Å². The summed E-state index contributed by atoms with van der Waals surface area (Å²) in [7, 11) is 0. The number of thioether (sulfide) groups is 1. The molecule has 0 unspecified atom stereocenters. The Labute approximate surface area is 212 Å². The predicted molar refractivity (Wildman–Crippen MR) is 139 cm³/mol. The number of hydrogen-bond acceptors (Lipinski definition) is 6. The number of ether oxygens (including phenoxy) is 2. The van der Waals surface area contributed by atoms with Gasteiger partial charge in [0.15, 0.2) is 6.61 Å². The van der Waals surface area contributed by atoms with Crippen LogP contribution in [0.25, 0.3) is 6.08 Å². The molecule has 0 aliphatic carbocycles. The Morgan fingerprint density at radius 2 is 1.65 bits per heavy atom. The van der Waals surface area contributed by atoms with Crippen LogP contribution in [0, 0.1) is 0 Å². The Morgan fingerprint density at radius 3 is 2.35 bits per heavy atom. The molecule has 0 radical (unpaired) electrons. The lowest BCUT2D eigenvalue weighted by Gasteiger charge is -2.14. The van der Waals surface area contributed by atoms with Gasteiger partial charge in [-0.1, -0.05) is 78.0 Å². The van der Waals surface area contributed by atoms with Crippen LogP contribution in [-0.2, 0) is 16.0 Å². The van der Waals surface area contributed by atoms with Crippen LogP contribution < -0.4 is 9.47 Å². The van der Waals surface area contributed by atoms with E-state index in [1.165, 1.54) is 11.8 Å². The smallest absolute Gasteiger partial charge is 0.349 e. The van der Waals surface area contributed by atoms with Crippen molar-refractivity contribution in [3.63, 3.8) is 0 Å². The van der Waals surface area contributed by atoms with E-state index in [1.807, 2.05) is 30.3 Å². The van der Waals surface area contributed by atoms with Crippen LogP contribution in [0.3, 0.4) is 0 Å². The summed E-state index contributed by atoms with van der Waals surface area (Å²) in [4.78, 5) is 27.1. The average molecular weight is 510 g/mol. The van der Waals surface area contributed by atoms with E-state index in [0.29, 0.717) is 32.3 Å². The van der Waals surface area contributed by atoms with E-state index in [-0.39, 0.29) is 12.5 Å². The van der Waals surface area contributed by atoms with Crippen molar-refractivity contribution in [2.75, 3.05) is 13.2 Å². The van der Waals surface area contributed by atoms with Gasteiger partial charge in [0.05, 0.1) is 4.91 Å². The van der Waals surface area contributed by atoms with Crippen molar-refractivity contribution in [1.29, 1.82) is 0 Å². The predicted octanol–water partition coefficient (Wildman–Crippen LogP) is 5.77. The van der Waals surface area contributed by atoms with Gasteiger partial charge >= 0.3 is 5.97 Å². The second-order valence-electron chi connectivity index (χ2n) is 7.35. The van der Waals surface area contributed by atoms with Crippen LogP contribution in [0.15, 0.2) is 83.8 Å². The van der Waals surface area contributed by atoms with E-state index < -0.39 is 5.97 Å². The topological polar surface area (TPSA) is 55.8 Å². The van der Waals surface area contributed by atoms with Crippen molar-refractivity contribution in [3.8, 4) is 11.5 Å². The zero-order valence-electron chi connectivity index (χ0n) is 18.0. The molecule has 3 aromatic rings. The van der Waals surface area contributed by atoms with Gasteiger partial charge in [-0.25, -0.2) is 4.79 Å². The number of hydrogen-bond donors (Lipinski definition) is 0. The zero-order chi connectivity index (χ0) is 23.9. The average Bonchev–Trinajstić information content (AvgIpc) is 3.11. The molecule has 0 aromatic heterocycles. The number of nitrogens with zero attached hydrogens (tertiary/aromatic N) is 1. The summed E-state index contributed by atoms with van der Waals surface area (Å²) in [6.45, 7) is 0.313. The molecule has 1 aliphatic rings. The van der Waals surface area contributed by atoms with Crippen molar-refractivity contribution in [2.45, 2.75) is 6.42 Å². The highest BCUT2D eigenvalue weighted by atomic mass is 35.5. The molecular weight excluding hydrogens is 490 g/mol. The van der Waals surface area contributed by atoms with Gasteiger partial charge < -0.3 is 9.47 Å². The van der Waals surface area contributed by atoms with Gasteiger partial charge in [0.2, 0.25) is 0 Å². The minimum absolute atomic E-state index is 0.0965. The molecule has 1 aliphatic heterocycles. The van der Waals surface area contributed by atoms with Crippen LogP contribution in [0.1, 0.15) is 11.1 Å². The first kappa shape index (κ1) is 24.0. The summed E-state index contributed by atoms with van der Waals surface area (Å²) in [5.74, 6) is 0.290. The highest BCUT2D eigenvalue weighted by Gasteiger charge is 2.31. The van der Waals surface area contributed by atoms with Gasteiger partial charge in [-0.2, -0.15) is 0 Å². The number of benzene rings is 3. The fraction of sp³-hybridized carbons (Fsp3) is 0.115. The first-order valence-corrected chi connectivity index (χ1v) is 12.1. The van der Waals surface area contributed by atoms with Gasteiger partial charge in [-0.3, -0.25) is 9.69 Å². The Hall–Kier alpha value is -3.13. The SMILES string of the molecule is O=C(COc1ccc(Cl)cc1)Oc1ccc(/C=C2\SC(=S)N(CCc3ccccc3)C2=O)cc1. The molecule has 5 nitrogen and oxygen atoms in total. The maximum Gasteiger partial charge on any atom is 0.349 e. The molecule has 0 saturated carbocycles. The molecule has 1 amide bonds. The standard InChI is InChI=1S/C26H20ClNO4S2/c27-20-8-12-21(13-9-20)31-17-24(29)32-22-10-6-19(7-11-22)16-23-25(30)28(26(33)34-23)15-14-18-4-2-1-3-5-18/h1-13,16H,14-15,17H2/b23-16-. The maximum atomic E-state index is 12.8. The molecule has 172 valence electrons. The van der Waals surface area contributed by atoms with Crippen molar-refractivity contribution in [3.05, 3.63) is 99.9 Å². The van der Waals surface area contributed by atoms with E-state index in [0.717, 1.165) is 17.5 Å². The molecule has 4 rings (SSSR count). The first-order valence-electron chi connectivity index (χ1n) is 10.5. The molecule has 1 fully saturated rings. The third-order valence-corrected chi connectivity index (χ3v) is 6.55. The minimum Gasteiger partial charge on any atom is -0.482 e. The zero-order valence-corrected chi connectivity index (χ0v) is 20.4. The van der Waals surface area contributed by atoms with Crippen molar-refractivity contribution < 1.29 is 19.1 Å². The fourth-order valence-electron chi connectivity index (χ4n) is 3.20. The third kappa shape index (κ3) is 6.47. The fourth-order valence-corrected chi connectivity index (χ4v) is 4.63. The lowest BCUT2D eigenvalue weighted by atomic mass is 10.1. The molecule has 0 atom stereocenters. The number of esters is 1. The molecule has 34 heavy (non-hydrogen) atoms. The molecule has 1 heterocycles. The van der Waals surface area contributed by atoms with Crippen molar-refractivity contribution >= 4 is 57.9 Å². The molecule has 8 heteroatoms. The van der Waals surface area contributed by atoms with Gasteiger partial charge in [0.1, 0.15) is 15.8 Å². The van der Waals surface area contributed by atoms with Crippen LogP contribution in [0.2, 0.25) is 5.02 Å². The van der Waals surface area contributed by atoms with Gasteiger partial charge in [-0.15, -0.1) is 0 Å². The summed E-state index contributed by atoms with van der Waals surface area (Å²) in [5, 5.41) is 0.587. The molecule has 0 spiro atoms. The Kier molecular flexibility index (Phi) is 8.00. The van der Waals surface area contributed by atoms with E-state index >= 15 is 0 Å². The van der Waals surface area contributed by atoms with Crippen molar-refractivity contribution in [1.82, 2.24) is 4.90 Å². The monoisotopic (exact) mass is 509 g/mol. The van der Waals surface area contributed by atoms with E-state index in [9.17, 15) is 9.59 Å². The summed E-state index contributed by atoms with van der Waals surface area (Å²) in [5.41, 5.74) is 1.96. The summed E-state index contributed by atoms with van der Waals surface area (Å²) < 4.78 is 11.2. The number of halogens is 1. The van der Waals surface area contributed by atoms with Gasteiger partial charge in [0.25, 0.3) is 5.91 Å². The number of rotatable bonds is 8. The maximum absolute atomic E-state index is 12.8. The van der Waals surface area contributed by atoms with Crippen LogP contribution in [0.5, 0.6) is 11.5 Å². The summed E-state index contributed by atoms with van der Waals surface area (Å²) in [6.07, 6.45) is 2.53. The Bertz CT molecular complexity index is 1210. The summed E-state index contributed by atoms with van der Waals surface area (Å²) in [6, 6.07) is 23.6. The van der Waals surface area contributed by atoms with Crippen LogP contribution in [0.4, 0.5) is 0 Å². The second kappa shape index (κ2) is 11.3. The molecule has 0 bridgehead atoms. The van der Waals surface area contributed by atoms with E-state index in [1.54, 1.807) is 59.5 Å². The van der Waals surface area contributed by atoms with Gasteiger partial charge in [0, 0.05) is 11.6 Å². The molecule has 0 N–H and O–H groups in total. The highest BCUT2D eigenvalue weighted by molar-refractivity contribution is 8.26. The number of thiocarbonyl (C=S) groups is 1. The number of amides is 1. The lowest BCUT2D eigenvalue weighted by molar-refractivity contribution is -0.136. The number of carbonyl (C=O) groups is 2. The van der Waals surface area contributed by atoms with Crippen LogP contribution >= 0.6 is 35.6 Å². The number of carbonyl (C=O) groups excluding carboxylic acids is 2. The molecular formula is C26H20ClNO4S2. The lowest BCUT2D eigenvalue weighted by Crippen LogP contribution is -2.30.